The Bertz CT molecular complexity index is 1880. The van der Waals surface area contributed by atoms with Crippen LogP contribution in [0.3, 0.4) is 0 Å². The van der Waals surface area contributed by atoms with Gasteiger partial charge in [-0.3, -0.25) is 9.59 Å². The third-order valence-electron chi connectivity index (χ3n) is 8.48. The van der Waals surface area contributed by atoms with Crippen molar-refractivity contribution in [2.45, 2.75) is 66.7 Å². The lowest BCUT2D eigenvalue weighted by atomic mass is 10.00. The number of carboxylic acids is 2. The number of aliphatic carboxylic acids is 2. The molecule has 2 aliphatic rings. The maximum Gasteiger partial charge on any atom is 0.303 e. The second-order valence-corrected chi connectivity index (χ2v) is 10.9. The lowest BCUT2D eigenvalue weighted by Crippen LogP contribution is -1.98. The average Bonchev–Trinajstić information content (AvgIpc) is 3.60. The van der Waals surface area contributed by atoms with Crippen molar-refractivity contribution in [3.8, 4) is 0 Å². The second-order valence-electron chi connectivity index (χ2n) is 10.9. The minimum Gasteiger partial charge on any atom is -0.481 e. The molecule has 0 aliphatic carbocycles. The number of aryl methyl sites for hydroxylation is 3. The zero-order valence-electron chi connectivity index (χ0n) is 24.7. The van der Waals surface area contributed by atoms with Gasteiger partial charge in [0.25, 0.3) is 0 Å². The van der Waals surface area contributed by atoms with Gasteiger partial charge in [0, 0.05) is 40.5 Å². The van der Waals surface area contributed by atoms with E-state index < -0.39 is 11.9 Å². The summed E-state index contributed by atoms with van der Waals surface area (Å²) in [6, 6.07) is 8.04. The van der Waals surface area contributed by atoms with E-state index in [4.69, 9.17) is 9.97 Å². The van der Waals surface area contributed by atoms with Gasteiger partial charge >= 0.3 is 11.9 Å². The predicted molar refractivity (Wildman–Crippen MR) is 169 cm³/mol. The SMILES string of the molecule is C=Cc1c(CC)c2cc3nc(cc4nc(cc5[nH]c(cc1[nH]2)c(C)c5CCC(=O)O)C(CCC(=O)O)=C4C)C(C)=C3C. The molecule has 5 rings (SSSR count). The Balaban J connectivity index is 1.94. The Labute approximate surface area is 244 Å². The van der Waals surface area contributed by atoms with Crippen LogP contribution in [-0.4, -0.2) is 42.1 Å². The fourth-order valence-electron chi connectivity index (χ4n) is 5.89. The molecule has 0 radical (unpaired) electrons. The minimum absolute atomic E-state index is 0.0137. The quantitative estimate of drug-likeness (QED) is 0.223. The molecule has 8 heteroatoms. The van der Waals surface area contributed by atoms with Gasteiger partial charge in [-0.15, -0.1) is 0 Å². The number of fused-ring (bicyclic) bond motifs is 8. The number of carboxylic acid groups (broad SMARTS) is 2. The van der Waals surface area contributed by atoms with Crippen LogP contribution in [-0.2, 0) is 22.4 Å². The first kappa shape index (κ1) is 28.8. The van der Waals surface area contributed by atoms with Crippen LogP contribution in [0.25, 0.3) is 50.4 Å². The summed E-state index contributed by atoms with van der Waals surface area (Å²) in [5, 5.41) is 18.9. The number of hydrogen-bond donors (Lipinski definition) is 4. The van der Waals surface area contributed by atoms with Gasteiger partial charge < -0.3 is 20.2 Å². The number of H-pyrrole nitrogens is 2. The molecule has 8 bridgehead atoms. The minimum atomic E-state index is -0.876. The Morgan fingerprint density at radius 1 is 0.738 bits per heavy atom. The summed E-state index contributed by atoms with van der Waals surface area (Å²) in [4.78, 5) is 40.1. The highest BCUT2D eigenvalue weighted by Crippen LogP contribution is 2.36. The van der Waals surface area contributed by atoms with Crippen molar-refractivity contribution in [1.82, 2.24) is 19.9 Å². The molecule has 2 aliphatic heterocycles. The summed E-state index contributed by atoms with van der Waals surface area (Å²) in [7, 11) is 0. The van der Waals surface area contributed by atoms with Gasteiger partial charge in [-0.05, 0) is 110 Å². The van der Waals surface area contributed by atoms with Crippen LogP contribution in [0.5, 0.6) is 0 Å². The van der Waals surface area contributed by atoms with Gasteiger partial charge in [0.05, 0.1) is 22.8 Å². The smallest absolute Gasteiger partial charge is 0.303 e. The van der Waals surface area contributed by atoms with Crippen molar-refractivity contribution in [2.75, 3.05) is 0 Å². The van der Waals surface area contributed by atoms with E-state index in [0.29, 0.717) is 18.5 Å². The molecule has 216 valence electrons. The molecule has 0 aromatic carbocycles. The lowest BCUT2D eigenvalue weighted by molar-refractivity contribution is -0.137. The normalized spacial score (nSPS) is 13.2. The molecule has 4 N–H and O–H groups in total. The van der Waals surface area contributed by atoms with Gasteiger partial charge in [0.1, 0.15) is 0 Å². The number of aromatic nitrogens is 4. The molecule has 42 heavy (non-hydrogen) atoms. The third kappa shape index (κ3) is 5.20. The molecule has 8 nitrogen and oxygen atoms in total. The van der Waals surface area contributed by atoms with Crippen molar-refractivity contribution in [2.24, 2.45) is 0 Å². The predicted octanol–water partition coefficient (Wildman–Crippen LogP) is 7.59. The first-order valence-corrected chi connectivity index (χ1v) is 14.2. The number of nitrogens with zero attached hydrogens (tertiary/aromatic N) is 2. The zero-order chi connectivity index (χ0) is 30.3. The number of rotatable bonds is 8. The van der Waals surface area contributed by atoms with Crippen LogP contribution in [0.15, 0.2) is 30.8 Å². The summed E-state index contributed by atoms with van der Waals surface area (Å²) in [5.74, 6) is -1.75. The summed E-state index contributed by atoms with van der Waals surface area (Å²) in [5.41, 5.74) is 14.5. The van der Waals surface area contributed by atoms with Crippen molar-refractivity contribution >= 4 is 62.4 Å². The molecular weight excluding hydrogens is 528 g/mol. The van der Waals surface area contributed by atoms with Crippen LogP contribution < -0.4 is 0 Å². The molecule has 0 saturated carbocycles. The number of allylic oxidation sites excluding steroid dienone is 4. The lowest BCUT2D eigenvalue weighted by Gasteiger charge is -2.03. The zero-order valence-corrected chi connectivity index (χ0v) is 24.7. The highest BCUT2D eigenvalue weighted by molar-refractivity contribution is 5.96. The maximum absolute atomic E-state index is 11.5. The van der Waals surface area contributed by atoms with E-state index in [1.807, 2.05) is 38.1 Å². The molecule has 0 atom stereocenters. The van der Waals surface area contributed by atoms with Crippen molar-refractivity contribution in [3.63, 3.8) is 0 Å². The molecule has 0 spiro atoms. The Morgan fingerprint density at radius 3 is 1.93 bits per heavy atom. The molecule has 0 saturated heterocycles. The van der Waals surface area contributed by atoms with Gasteiger partial charge in [0.2, 0.25) is 0 Å². The number of aromatic amines is 2. The fraction of sp³-hybridized carbons (Fsp3) is 0.294. The standard InChI is InChI=1S/C34H36N4O4/c1-7-21-22(8-2)30-15-28-20(6)24(10-12-34(41)42)32(37-28)16-31-23(9-11-33(39)40)19(5)27(36-31)13-25-17(3)18(4)26(35-25)14-29(21)38-30/h8,13-16,37-38H,2,7,9-12H2,1,3-6H3,(H,39,40)(H,41,42). The molecule has 0 unspecified atom stereocenters. The number of carbonyl (C=O) groups is 2. The van der Waals surface area contributed by atoms with Crippen LogP contribution in [0.1, 0.15) is 92.0 Å². The summed E-state index contributed by atoms with van der Waals surface area (Å²) < 4.78 is 0. The Kier molecular flexibility index (Phi) is 7.73. The van der Waals surface area contributed by atoms with E-state index in [9.17, 15) is 19.8 Å². The highest BCUT2D eigenvalue weighted by atomic mass is 16.4. The van der Waals surface area contributed by atoms with Crippen molar-refractivity contribution < 1.29 is 19.8 Å². The molecule has 0 fully saturated rings. The first-order chi connectivity index (χ1) is 20.0. The van der Waals surface area contributed by atoms with E-state index in [1.165, 1.54) is 0 Å². The van der Waals surface area contributed by atoms with Crippen LogP contribution >= 0.6 is 0 Å². The van der Waals surface area contributed by atoms with E-state index in [-0.39, 0.29) is 12.8 Å². The maximum atomic E-state index is 11.5. The molecule has 0 amide bonds. The molecule has 3 aromatic rings. The first-order valence-electron chi connectivity index (χ1n) is 14.2. The van der Waals surface area contributed by atoms with Crippen LogP contribution in [0.4, 0.5) is 0 Å². The molecule has 5 heterocycles. The van der Waals surface area contributed by atoms with Crippen LogP contribution in [0, 0.1) is 6.92 Å². The van der Waals surface area contributed by atoms with E-state index in [2.05, 4.69) is 43.4 Å². The summed E-state index contributed by atoms with van der Waals surface area (Å²) in [6.07, 6.45) is 3.31. The van der Waals surface area contributed by atoms with Crippen LogP contribution in [0.2, 0.25) is 0 Å². The number of nitrogens with one attached hydrogen (secondary N) is 2. The Hall–Kier alpha value is -4.72. The van der Waals surface area contributed by atoms with E-state index in [0.717, 1.165) is 90.1 Å². The monoisotopic (exact) mass is 564 g/mol. The molecule has 3 aromatic heterocycles. The molecular formula is C34H36N4O4. The average molecular weight is 565 g/mol. The second kappa shape index (κ2) is 11.3. The van der Waals surface area contributed by atoms with E-state index >= 15 is 0 Å². The topological polar surface area (TPSA) is 132 Å². The van der Waals surface area contributed by atoms with Gasteiger partial charge in [-0.25, -0.2) is 9.97 Å². The van der Waals surface area contributed by atoms with Gasteiger partial charge in [0.15, 0.2) is 0 Å². The van der Waals surface area contributed by atoms with Gasteiger partial charge in [-0.2, -0.15) is 0 Å². The largest absolute Gasteiger partial charge is 0.481 e. The highest BCUT2D eigenvalue weighted by Gasteiger charge is 2.21. The van der Waals surface area contributed by atoms with Crippen molar-refractivity contribution in [1.29, 1.82) is 0 Å². The third-order valence-corrected chi connectivity index (χ3v) is 8.48. The summed E-state index contributed by atoms with van der Waals surface area (Å²) >= 11 is 0. The fourth-order valence-corrected chi connectivity index (χ4v) is 5.89. The van der Waals surface area contributed by atoms with Gasteiger partial charge in [-0.1, -0.05) is 19.6 Å². The van der Waals surface area contributed by atoms with E-state index in [1.54, 1.807) is 0 Å². The summed E-state index contributed by atoms with van der Waals surface area (Å²) in [6.45, 7) is 14.3. The number of hydrogen-bond acceptors (Lipinski definition) is 4. The van der Waals surface area contributed by atoms with Crippen molar-refractivity contribution in [3.05, 3.63) is 75.9 Å². The Morgan fingerprint density at radius 2 is 1.29 bits per heavy atom.